The Bertz CT molecular complexity index is 662. The molecule has 1 aliphatic rings. The molecular formula is C18H19Cl2N3. The van der Waals surface area contributed by atoms with Crippen LogP contribution in [0.3, 0.4) is 0 Å². The summed E-state index contributed by atoms with van der Waals surface area (Å²) in [6.07, 6.45) is 1.89. The molecular weight excluding hydrogens is 329 g/mol. The van der Waals surface area contributed by atoms with Crippen molar-refractivity contribution < 1.29 is 0 Å². The van der Waals surface area contributed by atoms with Gasteiger partial charge in [0, 0.05) is 42.8 Å². The number of piperazine rings is 1. The van der Waals surface area contributed by atoms with E-state index in [2.05, 4.69) is 21.1 Å². The highest BCUT2D eigenvalue weighted by atomic mass is 35.5. The Morgan fingerprint density at radius 3 is 2.30 bits per heavy atom. The van der Waals surface area contributed by atoms with E-state index in [1.807, 2.05) is 48.7 Å². The number of benzene rings is 2. The first-order valence-electron chi connectivity index (χ1n) is 7.71. The minimum Gasteiger partial charge on any atom is -0.295 e. The van der Waals surface area contributed by atoms with Gasteiger partial charge in [0.15, 0.2) is 0 Å². The second-order valence-electron chi connectivity index (χ2n) is 5.62. The van der Waals surface area contributed by atoms with Crippen LogP contribution in [0.2, 0.25) is 10.0 Å². The van der Waals surface area contributed by atoms with Gasteiger partial charge in [-0.1, -0.05) is 53.5 Å². The SMILES string of the molecule is Clc1ccc(/C=N\N2CCN(Cc3ccccc3Cl)CC2)cc1. The third-order valence-electron chi connectivity index (χ3n) is 3.94. The predicted octanol–water partition coefficient (Wildman–Crippen LogP) is 4.15. The first kappa shape index (κ1) is 16.3. The lowest BCUT2D eigenvalue weighted by Gasteiger charge is -2.33. The smallest absolute Gasteiger partial charge is 0.0542 e. The van der Waals surface area contributed by atoms with Crippen molar-refractivity contribution in [2.24, 2.45) is 5.10 Å². The maximum atomic E-state index is 6.23. The first-order valence-corrected chi connectivity index (χ1v) is 8.46. The second kappa shape index (κ2) is 7.82. The van der Waals surface area contributed by atoms with Crippen LogP contribution >= 0.6 is 23.2 Å². The highest BCUT2D eigenvalue weighted by Gasteiger charge is 2.16. The molecule has 3 rings (SSSR count). The van der Waals surface area contributed by atoms with Gasteiger partial charge in [0.05, 0.1) is 6.21 Å². The van der Waals surface area contributed by atoms with Gasteiger partial charge in [-0.25, -0.2) is 0 Å². The van der Waals surface area contributed by atoms with Crippen LogP contribution in [0.15, 0.2) is 53.6 Å². The highest BCUT2D eigenvalue weighted by molar-refractivity contribution is 6.31. The van der Waals surface area contributed by atoms with E-state index in [1.54, 1.807) is 0 Å². The molecule has 0 N–H and O–H groups in total. The van der Waals surface area contributed by atoms with Gasteiger partial charge in [-0.15, -0.1) is 0 Å². The Balaban J connectivity index is 1.50. The van der Waals surface area contributed by atoms with Crippen LogP contribution in [0.1, 0.15) is 11.1 Å². The molecule has 1 heterocycles. The number of hydrazone groups is 1. The molecule has 0 unspecified atom stereocenters. The number of hydrogen-bond donors (Lipinski definition) is 0. The van der Waals surface area contributed by atoms with Crippen LogP contribution in [-0.4, -0.2) is 42.3 Å². The molecule has 1 fully saturated rings. The summed E-state index contributed by atoms with van der Waals surface area (Å²) < 4.78 is 0. The predicted molar refractivity (Wildman–Crippen MR) is 97.3 cm³/mol. The van der Waals surface area contributed by atoms with Crippen molar-refractivity contribution >= 4 is 29.4 Å². The van der Waals surface area contributed by atoms with Gasteiger partial charge in [-0.05, 0) is 29.3 Å². The Kier molecular flexibility index (Phi) is 5.55. The van der Waals surface area contributed by atoms with E-state index in [-0.39, 0.29) is 0 Å². The average molecular weight is 348 g/mol. The molecule has 1 aliphatic heterocycles. The van der Waals surface area contributed by atoms with E-state index in [0.29, 0.717) is 0 Å². The van der Waals surface area contributed by atoms with Gasteiger partial charge < -0.3 is 0 Å². The molecule has 0 aromatic heterocycles. The zero-order valence-electron chi connectivity index (χ0n) is 12.8. The van der Waals surface area contributed by atoms with E-state index in [9.17, 15) is 0 Å². The van der Waals surface area contributed by atoms with Gasteiger partial charge in [-0.3, -0.25) is 9.91 Å². The molecule has 0 radical (unpaired) electrons. The van der Waals surface area contributed by atoms with Crippen LogP contribution in [0.25, 0.3) is 0 Å². The van der Waals surface area contributed by atoms with E-state index >= 15 is 0 Å². The Hall–Kier alpha value is -1.55. The van der Waals surface area contributed by atoms with Crippen LogP contribution in [0.4, 0.5) is 0 Å². The fourth-order valence-corrected chi connectivity index (χ4v) is 2.90. The van der Waals surface area contributed by atoms with Crippen LogP contribution < -0.4 is 0 Å². The van der Waals surface area contributed by atoms with Crippen molar-refractivity contribution in [3.05, 3.63) is 69.7 Å². The van der Waals surface area contributed by atoms with Crippen LogP contribution in [0, 0.1) is 0 Å². The van der Waals surface area contributed by atoms with Crippen molar-refractivity contribution in [2.75, 3.05) is 26.2 Å². The fourth-order valence-electron chi connectivity index (χ4n) is 2.58. The van der Waals surface area contributed by atoms with Crippen molar-refractivity contribution in [3.8, 4) is 0 Å². The molecule has 2 aromatic carbocycles. The molecule has 3 nitrogen and oxygen atoms in total. The third kappa shape index (κ3) is 4.71. The van der Waals surface area contributed by atoms with Crippen molar-refractivity contribution in [3.63, 3.8) is 0 Å². The molecule has 0 amide bonds. The molecule has 0 spiro atoms. The molecule has 0 saturated carbocycles. The molecule has 2 aromatic rings. The van der Waals surface area contributed by atoms with Gasteiger partial charge in [0.2, 0.25) is 0 Å². The number of hydrogen-bond acceptors (Lipinski definition) is 3. The minimum atomic E-state index is 0.746. The van der Waals surface area contributed by atoms with E-state index < -0.39 is 0 Å². The number of nitrogens with zero attached hydrogens (tertiary/aromatic N) is 3. The van der Waals surface area contributed by atoms with Crippen LogP contribution in [0.5, 0.6) is 0 Å². The number of rotatable bonds is 4. The Morgan fingerprint density at radius 2 is 1.61 bits per heavy atom. The van der Waals surface area contributed by atoms with Gasteiger partial charge >= 0.3 is 0 Å². The lowest BCUT2D eigenvalue weighted by Crippen LogP contribution is -2.43. The van der Waals surface area contributed by atoms with E-state index in [0.717, 1.165) is 48.3 Å². The maximum Gasteiger partial charge on any atom is 0.0542 e. The standard InChI is InChI=1S/C18H19Cl2N3/c19-17-7-5-15(6-8-17)13-21-23-11-9-22(10-12-23)14-16-3-1-2-4-18(16)20/h1-8,13H,9-12,14H2/b21-13-. The Labute approximate surface area is 147 Å². The Morgan fingerprint density at radius 1 is 0.913 bits per heavy atom. The fraction of sp³-hybridized carbons (Fsp3) is 0.278. The molecule has 1 saturated heterocycles. The highest BCUT2D eigenvalue weighted by Crippen LogP contribution is 2.18. The van der Waals surface area contributed by atoms with Crippen molar-refractivity contribution in [1.82, 2.24) is 9.91 Å². The molecule has 120 valence electrons. The molecule has 0 bridgehead atoms. The van der Waals surface area contributed by atoms with E-state index in [4.69, 9.17) is 23.2 Å². The zero-order chi connectivity index (χ0) is 16.1. The molecule has 5 heteroatoms. The lowest BCUT2D eigenvalue weighted by atomic mass is 10.2. The summed E-state index contributed by atoms with van der Waals surface area (Å²) in [5.41, 5.74) is 2.25. The lowest BCUT2D eigenvalue weighted by molar-refractivity contribution is 0.131. The summed E-state index contributed by atoms with van der Waals surface area (Å²) >= 11 is 12.1. The monoisotopic (exact) mass is 347 g/mol. The largest absolute Gasteiger partial charge is 0.295 e. The van der Waals surface area contributed by atoms with Gasteiger partial charge in [0.1, 0.15) is 0 Å². The van der Waals surface area contributed by atoms with Gasteiger partial charge in [-0.2, -0.15) is 5.10 Å². The summed E-state index contributed by atoms with van der Waals surface area (Å²) in [6.45, 7) is 4.73. The zero-order valence-corrected chi connectivity index (χ0v) is 14.3. The summed E-state index contributed by atoms with van der Waals surface area (Å²) in [5, 5.41) is 8.25. The van der Waals surface area contributed by atoms with Crippen LogP contribution in [-0.2, 0) is 6.54 Å². The van der Waals surface area contributed by atoms with Gasteiger partial charge in [0.25, 0.3) is 0 Å². The summed E-state index contributed by atoms with van der Waals surface area (Å²) in [6, 6.07) is 15.7. The number of halogens is 2. The van der Waals surface area contributed by atoms with Crippen molar-refractivity contribution in [1.29, 1.82) is 0 Å². The summed E-state index contributed by atoms with van der Waals surface area (Å²) in [4.78, 5) is 2.41. The second-order valence-corrected chi connectivity index (χ2v) is 6.46. The first-order chi connectivity index (χ1) is 11.2. The normalized spacial score (nSPS) is 16.2. The average Bonchev–Trinajstić information content (AvgIpc) is 2.58. The summed E-state index contributed by atoms with van der Waals surface area (Å²) in [7, 11) is 0. The topological polar surface area (TPSA) is 18.8 Å². The maximum absolute atomic E-state index is 6.23. The molecule has 0 aliphatic carbocycles. The third-order valence-corrected chi connectivity index (χ3v) is 4.56. The summed E-state index contributed by atoms with van der Waals surface area (Å²) in [5.74, 6) is 0. The van der Waals surface area contributed by atoms with E-state index in [1.165, 1.54) is 5.56 Å². The quantitative estimate of drug-likeness (QED) is 0.773. The van der Waals surface area contributed by atoms with Crippen molar-refractivity contribution in [2.45, 2.75) is 6.54 Å². The molecule has 0 atom stereocenters. The molecule has 23 heavy (non-hydrogen) atoms. The minimum absolute atomic E-state index is 0.746.